The van der Waals surface area contributed by atoms with Crippen LogP contribution in [0.5, 0.6) is 0 Å². The molecule has 1 aromatic carbocycles. The molecule has 0 radical (unpaired) electrons. The summed E-state index contributed by atoms with van der Waals surface area (Å²) in [6.45, 7) is 2.63. The van der Waals surface area contributed by atoms with Crippen LogP contribution in [0.25, 0.3) is 0 Å². The predicted molar refractivity (Wildman–Crippen MR) is 97.8 cm³/mol. The number of nitro benzene ring substituents is 1. The molecule has 2 rings (SSSR count). The molecule has 1 aliphatic heterocycles. The van der Waals surface area contributed by atoms with Crippen molar-refractivity contribution >= 4 is 46.4 Å². The molecular formula is C14H19BrCl2F3N3O2. The molecule has 1 aromatic rings. The number of halogens is 6. The van der Waals surface area contributed by atoms with E-state index in [9.17, 15) is 23.3 Å². The fourth-order valence-electron chi connectivity index (χ4n) is 2.73. The Balaban J connectivity index is 0.00000288. The van der Waals surface area contributed by atoms with Crippen LogP contribution in [0.4, 0.5) is 18.9 Å². The number of hydrogen-bond donors (Lipinski definition) is 1. The van der Waals surface area contributed by atoms with Crippen LogP contribution >= 0.6 is 40.7 Å². The number of benzene rings is 1. The van der Waals surface area contributed by atoms with Gasteiger partial charge in [-0.05, 0) is 34.0 Å². The molecule has 0 unspecified atom stereocenters. The molecule has 0 saturated carbocycles. The minimum Gasteiger partial charge on any atom is -0.314 e. The predicted octanol–water partition coefficient (Wildman–Crippen LogP) is 4.49. The number of piperazine rings is 1. The van der Waals surface area contributed by atoms with Crippen LogP contribution in [0.2, 0.25) is 0 Å². The lowest BCUT2D eigenvalue weighted by Crippen LogP contribution is -2.45. The molecule has 1 atom stereocenters. The van der Waals surface area contributed by atoms with Crippen molar-refractivity contribution in [1.29, 1.82) is 0 Å². The topological polar surface area (TPSA) is 58.4 Å². The monoisotopic (exact) mass is 467 g/mol. The van der Waals surface area contributed by atoms with Crippen molar-refractivity contribution in [2.75, 3.05) is 26.2 Å². The van der Waals surface area contributed by atoms with Gasteiger partial charge in [-0.2, -0.15) is 13.2 Å². The molecule has 11 heteroatoms. The van der Waals surface area contributed by atoms with Crippen LogP contribution in [0.3, 0.4) is 0 Å². The Morgan fingerprint density at radius 3 is 2.40 bits per heavy atom. The second kappa shape index (κ2) is 10.5. The van der Waals surface area contributed by atoms with Gasteiger partial charge in [-0.25, -0.2) is 0 Å². The zero-order valence-electron chi connectivity index (χ0n) is 13.1. The molecule has 25 heavy (non-hydrogen) atoms. The molecule has 0 amide bonds. The van der Waals surface area contributed by atoms with Crippen LogP contribution < -0.4 is 5.32 Å². The van der Waals surface area contributed by atoms with Gasteiger partial charge in [0.25, 0.3) is 5.69 Å². The molecule has 1 aliphatic rings. The summed E-state index contributed by atoms with van der Waals surface area (Å²) in [5, 5.41) is 14.2. The van der Waals surface area contributed by atoms with E-state index in [1.165, 1.54) is 12.1 Å². The second-order valence-corrected chi connectivity index (χ2v) is 6.28. The van der Waals surface area contributed by atoms with Gasteiger partial charge >= 0.3 is 6.18 Å². The first kappa shape index (κ1) is 24.4. The SMILES string of the molecule is Cl.Cl.O=[N+]([O-])c1cc([C@H](CCC(F)(F)F)N2CCNCC2)ccc1Br. The summed E-state index contributed by atoms with van der Waals surface area (Å²) in [5.41, 5.74) is 0.417. The number of nitro groups is 1. The highest BCUT2D eigenvalue weighted by Crippen LogP contribution is 2.35. The summed E-state index contributed by atoms with van der Waals surface area (Å²) in [6.07, 6.45) is -5.26. The Hall–Kier alpha value is -0.610. The average molecular weight is 469 g/mol. The molecule has 0 aromatic heterocycles. The summed E-state index contributed by atoms with van der Waals surface area (Å²) in [6, 6.07) is 4.06. The minimum atomic E-state index is -4.24. The first-order valence-electron chi connectivity index (χ1n) is 7.23. The van der Waals surface area contributed by atoms with Crippen LogP contribution in [0.15, 0.2) is 22.7 Å². The Kier molecular flexibility index (Phi) is 10.3. The van der Waals surface area contributed by atoms with Gasteiger partial charge in [0, 0.05) is 44.7 Å². The number of alkyl halides is 3. The highest BCUT2D eigenvalue weighted by atomic mass is 79.9. The molecule has 5 nitrogen and oxygen atoms in total. The molecule has 1 heterocycles. The largest absolute Gasteiger partial charge is 0.389 e. The van der Waals surface area contributed by atoms with Gasteiger partial charge < -0.3 is 5.32 Å². The van der Waals surface area contributed by atoms with Gasteiger partial charge in [0.1, 0.15) is 0 Å². The maximum atomic E-state index is 12.6. The van der Waals surface area contributed by atoms with E-state index in [1.807, 2.05) is 4.90 Å². The standard InChI is InChI=1S/C14H17BrF3N3O2.2ClH/c15-11-2-1-10(9-13(11)21(22)23)12(3-4-14(16,17)18)20-7-5-19-6-8-20;;/h1-2,9,12,19H,3-8H2;2*1H/t12-;;/m0../s1. The van der Waals surface area contributed by atoms with Crippen molar-refractivity contribution in [3.05, 3.63) is 38.3 Å². The summed E-state index contributed by atoms with van der Waals surface area (Å²) in [5.74, 6) is 0. The minimum absolute atomic E-state index is 0. The maximum absolute atomic E-state index is 12.6. The van der Waals surface area contributed by atoms with Crippen molar-refractivity contribution < 1.29 is 18.1 Å². The highest BCUT2D eigenvalue weighted by molar-refractivity contribution is 9.10. The molecule has 0 bridgehead atoms. The summed E-state index contributed by atoms with van der Waals surface area (Å²) in [4.78, 5) is 12.5. The third-order valence-corrected chi connectivity index (χ3v) is 4.52. The fraction of sp³-hybridized carbons (Fsp3) is 0.571. The Morgan fingerprint density at radius 2 is 1.88 bits per heavy atom. The summed E-state index contributed by atoms with van der Waals surface area (Å²) in [7, 11) is 0. The van der Waals surface area contributed by atoms with Gasteiger partial charge in [-0.15, -0.1) is 24.8 Å². The first-order valence-corrected chi connectivity index (χ1v) is 8.02. The van der Waals surface area contributed by atoms with Crippen LogP contribution in [-0.4, -0.2) is 42.2 Å². The Labute approximate surface area is 164 Å². The average Bonchev–Trinajstić information content (AvgIpc) is 2.48. The molecule has 1 saturated heterocycles. The highest BCUT2D eigenvalue weighted by Gasteiger charge is 2.32. The molecule has 1 N–H and O–H groups in total. The third kappa shape index (κ3) is 7.26. The second-order valence-electron chi connectivity index (χ2n) is 5.42. The van der Waals surface area contributed by atoms with Crippen molar-refractivity contribution in [1.82, 2.24) is 10.2 Å². The Bertz CT molecular complexity index is 573. The number of nitrogens with one attached hydrogen (secondary N) is 1. The molecule has 144 valence electrons. The fourth-order valence-corrected chi connectivity index (χ4v) is 3.12. The van der Waals surface area contributed by atoms with Crippen molar-refractivity contribution in [3.63, 3.8) is 0 Å². The van der Waals surface area contributed by atoms with Gasteiger partial charge in [0.15, 0.2) is 0 Å². The molecule has 0 aliphatic carbocycles. The Morgan fingerprint density at radius 1 is 1.28 bits per heavy atom. The van der Waals surface area contributed by atoms with E-state index in [2.05, 4.69) is 21.2 Å². The van der Waals surface area contributed by atoms with Crippen molar-refractivity contribution in [3.8, 4) is 0 Å². The van der Waals surface area contributed by atoms with E-state index in [1.54, 1.807) is 6.07 Å². The van der Waals surface area contributed by atoms with Crippen molar-refractivity contribution in [2.45, 2.75) is 25.1 Å². The van der Waals surface area contributed by atoms with Crippen LogP contribution in [0.1, 0.15) is 24.4 Å². The molecular weight excluding hydrogens is 450 g/mol. The smallest absolute Gasteiger partial charge is 0.314 e. The van der Waals surface area contributed by atoms with Crippen molar-refractivity contribution in [2.24, 2.45) is 0 Å². The maximum Gasteiger partial charge on any atom is 0.389 e. The lowest BCUT2D eigenvalue weighted by atomic mass is 9.98. The van der Waals surface area contributed by atoms with E-state index in [4.69, 9.17) is 0 Å². The lowest BCUT2D eigenvalue weighted by molar-refractivity contribution is -0.385. The van der Waals surface area contributed by atoms with Crippen LogP contribution in [0, 0.1) is 10.1 Å². The normalized spacial score (nSPS) is 16.5. The first-order chi connectivity index (χ1) is 10.8. The quantitative estimate of drug-likeness (QED) is 0.511. The van der Waals surface area contributed by atoms with Gasteiger partial charge in [0.05, 0.1) is 9.40 Å². The van der Waals surface area contributed by atoms with Gasteiger partial charge in [-0.1, -0.05) is 6.07 Å². The van der Waals surface area contributed by atoms with E-state index >= 15 is 0 Å². The van der Waals surface area contributed by atoms with E-state index in [0.29, 0.717) is 36.2 Å². The van der Waals surface area contributed by atoms with Gasteiger partial charge in [0.2, 0.25) is 0 Å². The lowest BCUT2D eigenvalue weighted by Gasteiger charge is -2.35. The van der Waals surface area contributed by atoms with E-state index in [0.717, 1.165) is 0 Å². The number of hydrogen-bond acceptors (Lipinski definition) is 4. The zero-order valence-corrected chi connectivity index (χ0v) is 16.3. The van der Waals surface area contributed by atoms with E-state index < -0.39 is 23.6 Å². The third-order valence-electron chi connectivity index (χ3n) is 3.85. The summed E-state index contributed by atoms with van der Waals surface area (Å²) >= 11 is 3.10. The molecule has 0 spiro atoms. The molecule has 1 fully saturated rings. The van der Waals surface area contributed by atoms with Gasteiger partial charge in [-0.3, -0.25) is 15.0 Å². The number of rotatable bonds is 5. The van der Waals surface area contributed by atoms with E-state index in [-0.39, 0.29) is 36.9 Å². The number of nitrogens with zero attached hydrogens (tertiary/aromatic N) is 2. The van der Waals surface area contributed by atoms with Crippen LogP contribution in [-0.2, 0) is 0 Å². The zero-order chi connectivity index (χ0) is 17.0. The summed E-state index contributed by atoms with van der Waals surface area (Å²) < 4.78 is 38.2.